The third-order valence-corrected chi connectivity index (χ3v) is 2.66. The van der Waals surface area contributed by atoms with E-state index in [9.17, 15) is 15.2 Å². The minimum absolute atomic E-state index is 0.472. The highest BCUT2D eigenvalue weighted by Crippen LogP contribution is 2.21. The average Bonchev–Trinajstić information content (AvgIpc) is 2.19. The Morgan fingerprint density at radius 3 is 2.40 bits per heavy atom. The first-order valence-electron chi connectivity index (χ1n) is 4.82. The molecule has 82 valence electrons. The normalized spacial score (nSPS) is 14.7. The first-order chi connectivity index (χ1) is 6.93. The molecule has 0 aromatic heterocycles. The summed E-state index contributed by atoms with van der Waals surface area (Å²) in [4.78, 5) is 10.0. The molecule has 4 heteroatoms. The van der Waals surface area contributed by atoms with E-state index in [1.165, 1.54) is 6.92 Å². The molecular formula is C11H15NO3. The van der Waals surface area contributed by atoms with Crippen LogP contribution in [0.5, 0.6) is 0 Å². The van der Waals surface area contributed by atoms with Gasteiger partial charge in [-0.3, -0.25) is 10.1 Å². The van der Waals surface area contributed by atoms with Gasteiger partial charge in [-0.05, 0) is 30.5 Å². The standard InChI is InChI=1S/C11H15NO3/c1-7-4-5-10(6-8(7)2)11(13)9(3)12(14)15/h4-6,9,11,13H,1-3H3. The topological polar surface area (TPSA) is 63.4 Å². The van der Waals surface area contributed by atoms with E-state index in [4.69, 9.17) is 0 Å². The zero-order valence-electron chi connectivity index (χ0n) is 9.10. The van der Waals surface area contributed by atoms with Crippen LogP contribution in [0.25, 0.3) is 0 Å². The summed E-state index contributed by atoms with van der Waals surface area (Å²) in [5.41, 5.74) is 2.74. The lowest BCUT2D eigenvalue weighted by Gasteiger charge is -2.13. The Bertz CT molecular complexity index is 376. The smallest absolute Gasteiger partial charge is 0.239 e. The molecule has 0 aliphatic rings. The van der Waals surface area contributed by atoms with Crippen LogP contribution >= 0.6 is 0 Å². The molecular weight excluding hydrogens is 194 g/mol. The molecule has 2 unspecified atom stereocenters. The zero-order valence-corrected chi connectivity index (χ0v) is 9.10. The summed E-state index contributed by atoms with van der Waals surface area (Å²) in [5, 5.41) is 20.2. The third kappa shape index (κ3) is 2.53. The fourth-order valence-electron chi connectivity index (χ4n) is 1.34. The van der Waals surface area contributed by atoms with Crippen molar-refractivity contribution >= 4 is 0 Å². The van der Waals surface area contributed by atoms with Crippen molar-refractivity contribution in [2.24, 2.45) is 0 Å². The lowest BCUT2D eigenvalue weighted by Crippen LogP contribution is -2.23. The number of aliphatic hydroxyl groups is 1. The lowest BCUT2D eigenvalue weighted by atomic mass is 9.99. The fraction of sp³-hybridized carbons (Fsp3) is 0.455. The van der Waals surface area contributed by atoms with E-state index >= 15 is 0 Å². The Hall–Kier alpha value is -1.42. The number of hydrogen-bond donors (Lipinski definition) is 1. The first kappa shape index (κ1) is 11.7. The van der Waals surface area contributed by atoms with Crippen molar-refractivity contribution in [3.63, 3.8) is 0 Å². The molecule has 0 fully saturated rings. The van der Waals surface area contributed by atoms with Crippen LogP contribution in [0.15, 0.2) is 18.2 Å². The van der Waals surface area contributed by atoms with Crippen LogP contribution in [0.4, 0.5) is 0 Å². The van der Waals surface area contributed by atoms with Crippen molar-refractivity contribution in [1.29, 1.82) is 0 Å². The second-order valence-electron chi connectivity index (χ2n) is 3.81. The fourth-order valence-corrected chi connectivity index (χ4v) is 1.34. The predicted molar refractivity (Wildman–Crippen MR) is 57.3 cm³/mol. The summed E-state index contributed by atoms with van der Waals surface area (Å²) < 4.78 is 0. The second-order valence-corrected chi connectivity index (χ2v) is 3.81. The van der Waals surface area contributed by atoms with Gasteiger partial charge in [-0.2, -0.15) is 0 Å². The SMILES string of the molecule is Cc1ccc(C(O)C(C)[N+](=O)[O-])cc1C. The molecule has 1 aromatic carbocycles. The molecule has 0 aliphatic carbocycles. The molecule has 0 heterocycles. The largest absolute Gasteiger partial charge is 0.381 e. The van der Waals surface area contributed by atoms with Crippen molar-refractivity contribution in [3.05, 3.63) is 45.0 Å². The molecule has 0 saturated heterocycles. The molecule has 0 aliphatic heterocycles. The third-order valence-electron chi connectivity index (χ3n) is 2.66. The van der Waals surface area contributed by atoms with Crippen LogP contribution in [0.2, 0.25) is 0 Å². The number of aliphatic hydroxyl groups excluding tert-OH is 1. The zero-order chi connectivity index (χ0) is 11.6. The molecule has 2 atom stereocenters. The highest BCUT2D eigenvalue weighted by Gasteiger charge is 2.25. The molecule has 4 nitrogen and oxygen atoms in total. The van der Waals surface area contributed by atoms with Crippen LogP contribution < -0.4 is 0 Å². The lowest BCUT2D eigenvalue weighted by molar-refractivity contribution is -0.531. The Balaban J connectivity index is 2.96. The maximum atomic E-state index is 10.5. The van der Waals surface area contributed by atoms with Gasteiger partial charge in [0.15, 0.2) is 0 Å². The van der Waals surface area contributed by atoms with Crippen LogP contribution in [0, 0.1) is 24.0 Å². The van der Waals surface area contributed by atoms with Crippen molar-refractivity contribution in [2.75, 3.05) is 0 Å². The van der Waals surface area contributed by atoms with E-state index in [-0.39, 0.29) is 0 Å². The molecule has 1 rings (SSSR count). The van der Waals surface area contributed by atoms with Gasteiger partial charge in [-0.1, -0.05) is 18.2 Å². The molecule has 1 aromatic rings. The molecule has 15 heavy (non-hydrogen) atoms. The van der Waals surface area contributed by atoms with Crippen molar-refractivity contribution in [3.8, 4) is 0 Å². The Morgan fingerprint density at radius 1 is 1.33 bits per heavy atom. The van der Waals surface area contributed by atoms with Gasteiger partial charge in [0.25, 0.3) is 0 Å². The minimum atomic E-state index is -1.04. The van der Waals surface area contributed by atoms with E-state index in [1.807, 2.05) is 19.9 Å². The number of nitrogens with zero attached hydrogens (tertiary/aromatic N) is 1. The van der Waals surface area contributed by atoms with Crippen molar-refractivity contribution < 1.29 is 10.0 Å². The van der Waals surface area contributed by atoms with Gasteiger partial charge in [0, 0.05) is 11.8 Å². The van der Waals surface area contributed by atoms with Crippen LogP contribution in [0.3, 0.4) is 0 Å². The van der Waals surface area contributed by atoms with Gasteiger partial charge >= 0.3 is 0 Å². The number of hydrogen-bond acceptors (Lipinski definition) is 3. The summed E-state index contributed by atoms with van der Waals surface area (Å²) >= 11 is 0. The van der Waals surface area contributed by atoms with E-state index < -0.39 is 17.1 Å². The summed E-state index contributed by atoms with van der Waals surface area (Å²) in [6.45, 7) is 5.28. The molecule has 0 saturated carbocycles. The number of benzene rings is 1. The van der Waals surface area contributed by atoms with E-state index in [2.05, 4.69) is 0 Å². The number of nitro groups is 1. The van der Waals surface area contributed by atoms with E-state index in [0.29, 0.717) is 5.56 Å². The van der Waals surface area contributed by atoms with E-state index in [1.54, 1.807) is 12.1 Å². The number of aryl methyl sites for hydroxylation is 2. The first-order valence-corrected chi connectivity index (χ1v) is 4.82. The minimum Gasteiger partial charge on any atom is -0.381 e. The molecule has 0 amide bonds. The van der Waals surface area contributed by atoms with E-state index in [0.717, 1.165) is 11.1 Å². The molecule has 0 bridgehead atoms. The molecule has 1 N–H and O–H groups in total. The van der Waals surface area contributed by atoms with Gasteiger partial charge < -0.3 is 5.11 Å². The summed E-state index contributed by atoms with van der Waals surface area (Å²) in [7, 11) is 0. The summed E-state index contributed by atoms with van der Waals surface area (Å²) in [6, 6.07) is 4.40. The number of rotatable bonds is 3. The molecule has 0 radical (unpaired) electrons. The quantitative estimate of drug-likeness (QED) is 0.611. The second kappa shape index (κ2) is 4.40. The molecule has 0 spiro atoms. The highest BCUT2D eigenvalue weighted by molar-refractivity contribution is 5.31. The maximum Gasteiger partial charge on any atom is 0.239 e. The van der Waals surface area contributed by atoms with Gasteiger partial charge in [0.05, 0.1) is 0 Å². The van der Waals surface area contributed by atoms with Crippen molar-refractivity contribution in [1.82, 2.24) is 0 Å². The van der Waals surface area contributed by atoms with Crippen LogP contribution in [0.1, 0.15) is 29.7 Å². The van der Waals surface area contributed by atoms with Gasteiger partial charge in [-0.25, -0.2) is 0 Å². The summed E-state index contributed by atoms with van der Waals surface area (Å²) in [5.74, 6) is 0. The highest BCUT2D eigenvalue weighted by atomic mass is 16.6. The maximum absolute atomic E-state index is 10.5. The monoisotopic (exact) mass is 209 g/mol. The predicted octanol–water partition coefficient (Wildman–Crippen LogP) is 2.00. The van der Waals surface area contributed by atoms with Crippen LogP contribution in [-0.2, 0) is 0 Å². The van der Waals surface area contributed by atoms with Gasteiger partial charge in [0.1, 0.15) is 6.10 Å². The van der Waals surface area contributed by atoms with Crippen molar-refractivity contribution in [2.45, 2.75) is 32.9 Å². The van der Waals surface area contributed by atoms with Gasteiger partial charge in [0.2, 0.25) is 6.04 Å². The van der Waals surface area contributed by atoms with Gasteiger partial charge in [-0.15, -0.1) is 0 Å². The average molecular weight is 209 g/mol. The Morgan fingerprint density at radius 2 is 1.93 bits per heavy atom. The Labute approximate surface area is 88.7 Å². The summed E-state index contributed by atoms with van der Waals surface area (Å²) in [6.07, 6.45) is -1.04. The Kier molecular flexibility index (Phi) is 3.42. The van der Waals surface area contributed by atoms with Crippen LogP contribution in [-0.4, -0.2) is 16.1 Å².